The third-order valence-corrected chi connectivity index (χ3v) is 3.24. The molecule has 1 aromatic heterocycles. The van der Waals surface area contributed by atoms with Crippen LogP contribution in [0.4, 0.5) is 5.69 Å². The first-order chi connectivity index (χ1) is 9.40. The lowest BCUT2D eigenvalue weighted by Gasteiger charge is -2.14. The molecule has 0 fully saturated rings. The van der Waals surface area contributed by atoms with E-state index in [1.165, 1.54) is 12.1 Å². The molecule has 6 heteroatoms. The van der Waals surface area contributed by atoms with E-state index in [0.717, 1.165) is 17.4 Å². The molecular weight excluding hydrogens is 258 g/mol. The number of hydrogen-bond donors (Lipinski definition) is 0. The summed E-state index contributed by atoms with van der Waals surface area (Å²) in [5, 5.41) is 11.5. The molecule has 0 radical (unpaired) electrons. The molecule has 0 saturated carbocycles. The summed E-state index contributed by atoms with van der Waals surface area (Å²) in [6.07, 6.45) is 0. The van der Waals surface area contributed by atoms with Crippen molar-refractivity contribution in [1.82, 2.24) is 9.47 Å². The van der Waals surface area contributed by atoms with Gasteiger partial charge in [0.25, 0.3) is 11.2 Å². The molecule has 20 heavy (non-hydrogen) atoms. The minimum Gasteiger partial charge on any atom is -0.308 e. The average Bonchev–Trinajstić information content (AvgIpc) is 2.38. The fourth-order valence-electron chi connectivity index (χ4n) is 2.16. The number of rotatable bonds is 4. The average molecular weight is 275 g/mol. The molecule has 0 aliphatic carbocycles. The molecule has 2 aromatic rings. The summed E-state index contributed by atoms with van der Waals surface area (Å²) >= 11 is 0. The first kappa shape index (κ1) is 14.2. The summed E-state index contributed by atoms with van der Waals surface area (Å²) < 4.78 is 1.67. The van der Waals surface area contributed by atoms with Crippen LogP contribution < -0.4 is 5.56 Å². The van der Waals surface area contributed by atoms with Gasteiger partial charge in [0.05, 0.1) is 10.4 Å². The number of fused-ring (bicyclic) bond motifs is 1. The van der Waals surface area contributed by atoms with E-state index in [-0.39, 0.29) is 11.2 Å². The number of non-ortho nitro benzene ring substituents is 1. The van der Waals surface area contributed by atoms with Gasteiger partial charge < -0.3 is 9.47 Å². The third kappa shape index (κ3) is 2.70. The molecule has 106 valence electrons. The molecule has 0 saturated heterocycles. The summed E-state index contributed by atoms with van der Waals surface area (Å²) in [6.45, 7) is 3.02. The molecule has 0 spiro atoms. The van der Waals surface area contributed by atoms with E-state index in [9.17, 15) is 14.9 Å². The van der Waals surface area contributed by atoms with E-state index in [1.54, 1.807) is 23.6 Å². The Bertz CT molecular complexity index is 719. The van der Waals surface area contributed by atoms with Crippen LogP contribution in [0.3, 0.4) is 0 Å². The van der Waals surface area contributed by atoms with Crippen molar-refractivity contribution in [2.75, 3.05) is 20.6 Å². The lowest BCUT2D eigenvalue weighted by atomic mass is 10.1. The van der Waals surface area contributed by atoms with Gasteiger partial charge in [0.2, 0.25) is 0 Å². The third-order valence-electron chi connectivity index (χ3n) is 3.24. The fraction of sp³-hybridized carbons (Fsp3) is 0.357. The van der Waals surface area contributed by atoms with Crippen molar-refractivity contribution in [3.8, 4) is 0 Å². The SMILES string of the molecule is Cc1cc2cc([N+](=O)[O-])ccc2n(CCN(C)C)c1=O. The molecule has 0 amide bonds. The number of benzene rings is 1. The number of hydrogen-bond acceptors (Lipinski definition) is 4. The van der Waals surface area contributed by atoms with Crippen molar-refractivity contribution in [3.05, 3.63) is 50.3 Å². The van der Waals surface area contributed by atoms with Gasteiger partial charge >= 0.3 is 0 Å². The van der Waals surface area contributed by atoms with Crippen LogP contribution in [-0.2, 0) is 6.54 Å². The zero-order valence-electron chi connectivity index (χ0n) is 11.8. The monoisotopic (exact) mass is 275 g/mol. The lowest BCUT2D eigenvalue weighted by Crippen LogP contribution is -2.28. The number of nitrogens with zero attached hydrogens (tertiary/aromatic N) is 3. The van der Waals surface area contributed by atoms with Crippen LogP contribution in [0, 0.1) is 17.0 Å². The van der Waals surface area contributed by atoms with E-state index >= 15 is 0 Å². The van der Waals surface area contributed by atoms with Crippen molar-refractivity contribution in [2.45, 2.75) is 13.5 Å². The maximum Gasteiger partial charge on any atom is 0.270 e. The Hall–Kier alpha value is -2.21. The zero-order chi connectivity index (χ0) is 14.9. The van der Waals surface area contributed by atoms with Crippen LogP contribution >= 0.6 is 0 Å². The predicted octanol–water partition coefficient (Wildman–Crippen LogP) is 1.78. The smallest absolute Gasteiger partial charge is 0.270 e. The Morgan fingerprint density at radius 1 is 1.30 bits per heavy atom. The van der Waals surface area contributed by atoms with Crippen LogP contribution in [0.2, 0.25) is 0 Å². The Morgan fingerprint density at radius 2 is 2.00 bits per heavy atom. The Morgan fingerprint density at radius 3 is 2.60 bits per heavy atom. The molecular formula is C14H17N3O3. The first-order valence-electron chi connectivity index (χ1n) is 6.33. The van der Waals surface area contributed by atoms with E-state index < -0.39 is 4.92 Å². The Labute approximate surface area is 116 Å². The molecule has 0 aliphatic rings. The maximum absolute atomic E-state index is 12.2. The molecule has 0 unspecified atom stereocenters. The van der Waals surface area contributed by atoms with Crippen LogP contribution in [0.5, 0.6) is 0 Å². The summed E-state index contributed by atoms with van der Waals surface area (Å²) in [7, 11) is 3.88. The number of nitro benzene ring substituents is 1. The minimum absolute atomic E-state index is 0.0368. The summed E-state index contributed by atoms with van der Waals surface area (Å²) in [5.41, 5.74) is 1.31. The van der Waals surface area contributed by atoms with Crippen molar-refractivity contribution >= 4 is 16.6 Å². The van der Waals surface area contributed by atoms with Gasteiger partial charge in [-0.25, -0.2) is 0 Å². The molecule has 0 aliphatic heterocycles. The highest BCUT2D eigenvalue weighted by atomic mass is 16.6. The van der Waals surface area contributed by atoms with Gasteiger partial charge in [-0.2, -0.15) is 0 Å². The highest BCUT2D eigenvalue weighted by Crippen LogP contribution is 2.20. The van der Waals surface area contributed by atoms with Crippen molar-refractivity contribution in [3.63, 3.8) is 0 Å². The van der Waals surface area contributed by atoms with Crippen molar-refractivity contribution in [2.24, 2.45) is 0 Å². The largest absolute Gasteiger partial charge is 0.308 e. The number of nitro groups is 1. The second-order valence-corrected chi connectivity index (χ2v) is 5.09. The second-order valence-electron chi connectivity index (χ2n) is 5.09. The molecule has 1 aromatic carbocycles. The topological polar surface area (TPSA) is 68.4 Å². The van der Waals surface area contributed by atoms with Gasteiger partial charge in [0.15, 0.2) is 0 Å². The van der Waals surface area contributed by atoms with Gasteiger partial charge in [-0.3, -0.25) is 14.9 Å². The maximum atomic E-state index is 12.2. The van der Waals surface area contributed by atoms with Crippen molar-refractivity contribution in [1.29, 1.82) is 0 Å². The Balaban J connectivity index is 2.62. The summed E-state index contributed by atoms with van der Waals surface area (Å²) in [4.78, 5) is 24.6. The highest BCUT2D eigenvalue weighted by molar-refractivity contribution is 5.82. The molecule has 0 N–H and O–H groups in total. The quantitative estimate of drug-likeness (QED) is 0.630. The van der Waals surface area contributed by atoms with Crippen LogP contribution in [0.25, 0.3) is 10.9 Å². The number of pyridine rings is 1. The standard InChI is InChI=1S/C14H17N3O3/c1-10-8-11-9-12(17(19)20)4-5-13(11)16(14(10)18)7-6-15(2)3/h4-5,8-9H,6-7H2,1-3H3. The number of aryl methyl sites for hydroxylation is 1. The van der Waals surface area contributed by atoms with Crippen molar-refractivity contribution < 1.29 is 4.92 Å². The second kappa shape index (κ2) is 5.42. The summed E-state index contributed by atoms with van der Waals surface area (Å²) in [6, 6.07) is 6.29. The zero-order valence-corrected chi connectivity index (χ0v) is 11.8. The molecule has 0 bridgehead atoms. The highest BCUT2D eigenvalue weighted by Gasteiger charge is 2.11. The number of aromatic nitrogens is 1. The van der Waals surface area contributed by atoms with E-state index in [2.05, 4.69) is 0 Å². The molecule has 2 rings (SSSR count). The lowest BCUT2D eigenvalue weighted by molar-refractivity contribution is -0.384. The van der Waals surface area contributed by atoms with Gasteiger partial charge in [-0.1, -0.05) is 0 Å². The van der Waals surface area contributed by atoms with E-state index in [4.69, 9.17) is 0 Å². The Kier molecular flexibility index (Phi) is 3.85. The predicted molar refractivity (Wildman–Crippen MR) is 78.2 cm³/mol. The van der Waals surface area contributed by atoms with E-state index in [1.807, 2.05) is 19.0 Å². The summed E-state index contributed by atoms with van der Waals surface area (Å²) in [5.74, 6) is 0. The van der Waals surface area contributed by atoms with Gasteiger partial charge in [-0.05, 0) is 33.2 Å². The number of likely N-dealkylation sites (N-methyl/N-ethyl adjacent to an activating group) is 1. The first-order valence-corrected chi connectivity index (χ1v) is 6.33. The van der Waals surface area contributed by atoms with Crippen LogP contribution in [0.1, 0.15) is 5.56 Å². The van der Waals surface area contributed by atoms with Crippen LogP contribution in [0.15, 0.2) is 29.1 Å². The van der Waals surface area contributed by atoms with E-state index in [0.29, 0.717) is 12.1 Å². The normalized spacial score (nSPS) is 11.2. The van der Waals surface area contributed by atoms with Gasteiger partial charge in [-0.15, -0.1) is 0 Å². The minimum atomic E-state index is -0.427. The van der Waals surface area contributed by atoms with Gasteiger partial charge in [0.1, 0.15) is 0 Å². The molecule has 0 atom stereocenters. The van der Waals surface area contributed by atoms with Gasteiger partial charge in [0, 0.05) is 36.2 Å². The van der Waals surface area contributed by atoms with Crippen LogP contribution in [-0.4, -0.2) is 35.0 Å². The molecule has 1 heterocycles. The fourth-order valence-corrected chi connectivity index (χ4v) is 2.16. The molecule has 6 nitrogen and oxygen atoms in total.